The van der Waals surface area contributed by atoms with E-state index in [0.717, 1.165) is 12.1 Å². The molecule has 0 saturated carbocycles. The number of rotatable bonds is 5. The number of fused-ring (bicyclic) bond motifs is 1. The molecule has 3 rings (SSSR count). The summed E-state index contributed by atoms with van der Waals surface area (Å²) >= 11 is 0. The molecule has 1 aromatic carbocycles. The van der Waals surface area contributed by atoms with E-state index in [1.165, 1.54) is 0 Å². The van der Waals surface area contributed by atoms with Crippen LogP contribution in [0, 0.1) is 5.92 Å². The number of sulfone groups is 1. The van der Waals surface area contributed by atoms with Crippen LogP contribution in [0.15, 0.2) is 12.1 Å². The van der Waals surface area contributed by atoms with Gasteiger partial charge < -0.3 is 14.6 Å². The largest absolute Gasteiger partial charge is 0.507 e. The average Bonchev–Trinajstić information content (AvgIpc) is 3.03. The summed E-state index contributed by atoms with van der Waals surface area (Å²) in [5, 5.41) is 10.2. The molecule has 0 amide bonds. The molecular formula is C16H23NO5S. The van der Waals surface area contributed by atoms with E-state index in [1.54, 1.807) is 12.1 Å². The van der Waals surface area contributed by atoms with Crippen LogP contribution in [0.1, 0.15) is 25.8 Å². The highest BCUT2D eigenvalue weighted by atomic mass is 32.2. The molecule has 23 heavy (non-hydrogen) atoms. The van der Waals surface area contributed by atoms with Crippen molar-refractivity contribution in [3.8, 4) is 17.2 Å². The van der Waals surface area contributed by atoms with Gasteiger partial charge in [-0.1, -0.05) is 13.8 Å². The maximum atomic E-state index is 11.8. The number of phenols is 1. The van der Waals surface area contributed by atoms with Gasteiger partial charge in [0.25, 0.3) is 0 Å². The molecule has 1 unspecified atom stereocenters. The SMILES string of the molecule is CC(C)CN(Cc1cc2c(cc1O)OCO2)C1CCS(=O)(=O)C1. The number of phenolic OH excluding ortho intramolecular Hbond substituents is 1. The zero-order valence-electron chi connectivity index (χ0n) is 13.5. The molecule has 1 aromatic rings. The van der Waals surface area contributed by atoms with Crippen molar-refractivity contribution < 1.29 is 23.0 Å². The van der Waals surface area contributed by atoms with Crippen LogP contribution in [-0.2, 0) is 16.4 Å². The molecule has 0 bridgehead atoms. The van der Waals surface area contributed by atoms with E-state index >= 15 is 0 Å². The van der Waals surface area contributed by atoms with Crippen molar-refractivity contribution in [2.75, 3.05) is 24.8 Å². The zero-order valence-corrected chi connectivity index (χ0v) is 14.3. The van der Waals surface area contributed by atoms with Crippen LogP contribution in [-0.4, -0.2) is 49.3 Å². The van der Waals surface area contributed by atoms with E-state index in [1.807, 2.05) is 0 Å². The Morgan fingerprint density at radius 3 is 2.61 bits per heavy atom. The lowest BCUT2D eigenvalue weighted by Crippen LogP contribution is -2.38. The van der Waals surface area contributed by atoms with Gasteiger partial charge in [0.05, 0.1) is 11.5 Å². The number of hydrogen-bond donors (Lipinski definition) is 1. The first kappa shape index (κ1) is 16.4. The first-order valence-electron chi connectivity index (χ1n) is 7.90. The molecule has 0 spiro atoms. The Morgan fingerprint density at radius 2 is 2.00 bits per heavy atom. The number of nitrogens with zero attached hydrogens (tertiary/aromatic N) is 1. The molecule has 2 aliphatic rings. The van der Waals surface area contributed by atoms with Gasteiger partial charge in [-0.2, -0.15) is 0 Å². The van der Waals surface area contributed by atoms with Crippen LogP contribution in [0.25, 0.3) is 0 Å². The second kappa shape index (κ2) is 6.20. The van der Waals surface area contributed by atoms with Gasteiger partial charge in [-0.05, 0) is 18.4 Å². The third-order valence-electron chi connectivity index (χ3n) is 4.27. The quantitative estimate of drug-likeness (QED) is 0.880. The topological polar surface area (TPSA) is 76.1 Å². The first-order chi connectivity index (χ1) is 10.8. The smallest absolute Gasteiger partial charge is 0.231 e. The molecular weight excluding hydrogens is 318 g/mol. The van der Waals surface area contributed by atoms with E-state index in [-0.39, 0.29) is 30.1 Å². The summed E-state index contributed by atoms with van der Waals surface area (Å²) in [5.41, 5.74) is 0.735. The van der Waals surface area contributed by atoms with Crippen LogP contribution in [0.4, 0.5) is 0 Å². The zero-order chi connectivity index (χ0) is 16.6. The number of benzene rings is 1. The summed E-state index contributed by atoms with van der Waals surface area (Å²) in [6.07, 6.45) is 0.653. The fourth-order valence-electron chi connectivity index (χ4n) is 3.19. The summed E-state index contributed by atoms with van der Waals surface area (Å²) in [4.78, 5) is 2.16. The van der Waals surface area contributed by atoms with Crippen molar-refractivity contribution in [3.05, 3.63) is 17.7 Å². The minimum absolute atomic E-state index is 0.00669. The summed E-state index contributed by atoms with van der Waals surface area (Å²) in [6, 6.07) is 3.36. The maximum Gasteiger partial charge on any atom is 0.231 e. The Bertz CT molecular complexity index is 686. The summed E-state index contributed by atoms with van der Waals surface area (Å²) < 4.78 is 34.2. The third kappa shape index (κ3) is 3.72. The van der Waals surface area contributed by atoms with Gasteiger partial charge >= 0.3 is 0 Å². The van der Waals surface area contributed by atoms with Crippen molar-refractivity contribution in [2.24, 2.45) is 5.92 Å². The minimum atomic E-state index is -2.94. The van der Waals surface area contributed by atoms with E-state index in [9.17, 15) is 13.5 Å². The average molecular weight is 341 g/mol. The lowest BCUT2D eigenvalue weighted by Gasteiger charge is -2.30. The molecule has 7 heteroatoms. The highest BCUT2D eigenvalue weighted by Crippen LogP contribution is 2.38. The molecule has 1 fully saturated rings. The Hall–Kier alpha value is -1.47. The molecule has 2 aliphatic heterocycles. The Kier molecular flexibility index (Phi) is 4.42. The number of aromatic hydroxyl groups is 1. The van der Waals surface area contributed by atoms with E-state index < -0.39 is 9.84 Å². The summed E-state index contributed by atoms with van der Waals surface area (Å²) in [5.74, 6) is 2.19. The fourth-order valence-corrected chi connectivity index (χ4v) is 4.96. The monoisotopic (exact) mass is 341 g/mol. The second-order valence-corrected chi connectivity index (χ2v) is 8.94. The summed E-state index contributed by atoms with van der Waals surface area (Å²) in [6.45, 7) is 5.66. The number of hydrogen-bond acceptors (Lipinski definition) is 6. The van der Waals surface area contributed by atoms with Gasteiger partial charge in [0.1, 0.15) is 5.75 Å². The lowest BCUT2D eigenvalue weighted by atomic mass is 10.1. The van der Waals surface area contributed by atoms with Gasteiger partial charge in [0.15, 0.2) is 21.3 Å². The Balaban J connectivity index is 1.81. The van der Waals surface area contributed by atoms with Gasteiger partial charge in [0, 0.05) is 30.8 Å². The van der Waals surface area contributed by atoms with Crippen LogP contribution >= 0.6 is 0 Å². The van der Waals surface area contributed by atoms with Crippen molar-refractivity contribution in [3.63, 3.8) is 0 Å². The highest BCUT2D eigenvalue weighted by molar-refractivity contribution is 7.91. The molecule has 6 nitrogen and oxygen atoms in total. The normalized spacial score (nSPS) is 22.2. The molecule has 128 valence electrons. The molecule has 1 atom stereocenters. The van der Waals surface area contributed by atoms with Gasteiger partial charge in [-0.3, -0.25) is 4.90 Å². The van der Waals surface area contributed by atoms with Crippen molar-refractivity contribution >= 4 is 9.84 Å². The van der Waals surface area contributed by atoms with Gasteiger partial charge in [0.2, 0.25) is 6.79 Å². The number of ether oxygens (including phenoxy) is 2. The summed E-state index contributed by atoms with van der Waals surface area (Å²) in [7, 11) is -2.94. The van der Waals surface area contributed by atoms with Gasteiger partial charge in [-0.25, -0.2) is 8.42 Å². The Morgan fingerprint density at radius 1 is 1.30 bits per heavy atom. The van der Waals surface area contributed by atoms with Crippen molar-refractivity contribution in [1.29, 1.82) is 0 Å². The molecule has 0 radical (unpaired) electrons. The third-order valence-corrected chi connectivity index (χ3v) is 6.02. The first-order valence-corrected chi connectivity index (χ1v) is 9.72. The predicted molar refractivity (Wildman–Crippen MR) is 86.5 cm³/mol. The maximum absolute atomic E-state index is 11.8. The minimum Gasteiger partial charge on any atom is -0.507 e. The van der Waals surface area contributed by atoms with E-state index in [4.69, 9.17) is 9.47 Å². The van der Waals surface area contributed by atoms with E-state index in [2.05, 4.69) is 18.7 Å². The van der Waals surface area contributed by atoms with Crippen LogP contribution < -0.4 is 9.47 Å². The highest BCUT2D eigenvalue weighted by Gasteiger charge is 2.33. The van der Waals surface area contributed by atoms with E-state index in [0.29, 0.717) is 30.4 Å². The molecule has 1 saturated heterocycles. The molecule has 2 heterocycles. The molecule has 0 aliphatic carbocycles. The fraction of sp³-hybridized carbons (Fsp3) is 0.625. The van der Waals surface area contributed by atoms with Gasteiger partial charge in [-0.15, -0.1) is 0 Å². The van der Waals surface area contributed by atoms with Crippen molar-refractivity contribution in [1.82, 2.24) is 4.90 Å². The van der Waals surface area contributed by atoms with Crippen LogP contribution in [0.5, 0.6) is 17.2 Å². The molecule has 1 N–H and O–H groups in total. The van der Waals surface area contributed by atoms with Crippen LogP contribution in [0.2, 0.25) is 0 Å². The standard InChI is InChI=1S/C16H23NO5S/c1-11(2)7-17(13-3-4-23(19,20)9-13)8-12-5-15-16(6-14(12)18)22-10-21-15/h5-6,11,13,18H,3-4,7-10H2,1-2H3. The predicted octanol–water partition coefficient (Wildman–Crippen LogP) is 1.77. The lowest BCUT2D eigenvalue weighted by molar-refractivity contribution is 0.173. The van der Waals surface area contributed by atoms with Crippen LogP contribution in [0.3, 0.4) is 0 Å². The second-order valence-electron chi connectivity index (χ2n) is 6.71. The molecule has 0 aromatic heterocycles. The Labute approximate surface area is 136 Å². The van der Waals surface area contributed by atoms with Crippen molar-refractivity contribution in [2.45, 2.75) is 32.9 Å².